The quantitative estimate of drug-likeness (QED) is 0.694. The van der Waals surface area contributed by atoms with E-state index in [2.05, 4.69) is 10.1 Å². The average Bonchev–Trinajstić information content (AvgIpc) is 2.96. The van der Waals surface area contributed by atoms with Crippen molar-refractivity contribution in [2.75, 3.05) is 0 Å². The molecule has 0 spiro atoms. The summed E-state index contributed by atoms with van der Waals surface area (Å²) in [7, 11) is 1.72. The fourth-order valence-corrected chi connectivity index (χ4v) is 3.80. The van der Waals surface area contributed by atoms with E-state index in [1.165, 1.54) is 6.39 Å². The lowest BCUT2D eigenvalue weighted by Gasteiger charge is -2.04. The Balaban J connectivity index is 2.30. The zero-order valence-corrected chi connectivity index (χ0v) is 12.0. The zero-order valence-electron chi connectivity index (χ0n) is 10.4. The van der Waals surface area contributed by atoms with Gasteiger partial charge >= 0.3 is 0 Å². The summed E-state index contributed by atoms with van der Waals surface area (Å²) in [5.74, 6) is 0.465. The minimum Gasteiger partial charge on any atom is -0.343 e. The first-order chi connectivity index (χ1) is 9.48. The molecule has 0 saturated heterocycles. The number of halogens is 1. The van der Waals surface area contributed by atoms with Gasteiger partial charge in [-0.05, 0) is 13.0 Å². The van der Waals surface area contributed by atoms with E-state index in [0.717, 1.165) is 5.52 Å². The van der Waals surface area contributed by atoms with Crippen LogP contribution >= 0.6 is 10.7 Å². The molecule has 0 atom stereocenters. The van der Waals surface area contributed by atoms with Gasteiger partial charge in [-0.15, -0.1) is 0 Å². The normalized spacial score (nSPS) is 12.1. The van der Waals surface area contributed by atoms with E-state index < -0.39 is 9.05 Å². The van der Waals surface area contributed by atoms with Gasteiger partial charge in [0.25, 0.3) is 9.05 Å². The van der Waals surface area contributed by atoms with Crippen molar-refractivity contribution >= 4 is 30.6 Å². The van der Waals surface area contributed by atoms with Gasteiger partial charge in [-0.3, -0.25) is 0 Å². The molecule has 0 aliphatic rings. The van der Waals surface area contributed by atoms with Crippen molar-refractivity contribution in [1.29, 1.82) is 0 Å². The number of hydrogen-bond donors (Lipinski definition) is 0. The first kappa shape index (κ1) is 13.1. The summed E-state index contributed by atoms with van der Waals surface area (Å²) in [4.78, 5) is 4.07. The molecular formula is C12H10ClN3O3S. The molecule has 0 bridgehead atoms. The van der Waals surface area contributed by atoms with E-state index in [1.807, 2.05) is 12.1 Å². The van der Waals surface area contributed by atoms with Crippen molar-refractivity contribution in [3.8, 4) is 0 Å². The molecule has 3 rings (SSSR count). The summed E-state index contributed by atoms with van der Waals surface area (Å²) in [6.07, 6.45) is 1.23. The van der Waals surface area contributed by atoms with Gasteiger partial charge in [0, 0.05) is 21.8 Å². The molecule has 1 aromatic carbocycles. The smallest absolute Gasteiger partial charge is 0.263 e. The van der Waals surface area contributed by atoms with E-state index in [4.69, 9.17) is 15.2 Å². The number of rotatable bonds is 3. The van der Waals surface area contributed by atoms with Crippen LogP contribution in [0.5, 0.6) is 0 Å². The van der Waals surface area contributed by atoms with Crippen LogP contribution in [0.15, 0.2) is 40.1 Å². The molecule has 0 unspecified atom stereocenters. The highest BCUT2D eigenvalue weighted by Gasteiger charge is 2.23. The number of hydrogen-bond acceptors (Lipinski definition) is 5. The van der Waals surface area contributed by atoms with E-state index in [1.54, 1.807) is 23.6 Å². The predicted molar refractivity (Wildman–Crippen MR) is 73.1 cm³/mol. The number of benzene rings is 1. The standard InChI is InChI=1S/C12H10ClN3O3S/c1-8-12(20(13,17)18)9-4-2-3-5-10(9)16(8)6-11-14-7-19-15-11/h2-5,7H,6H2,1H3. The maximum atomic E-state index is 11.8. The summed E-state index contributed by atoms with van der Waals surface area (Å²) < 4.78 is 30.1. The molecule has 0 fully saturated rings. The van der Waals surface area contributed by atoms with Crippen molar-refractivity contribution in [1.82, 2.24) is 14.7 Å². The molecule has 0 aliphatic heterocycles. The molecule has 3 aromatic rings. The first-order valence-corrected chi connectivity index (χ1v) is 8.07. The summed E-state index contributed by atoms with van der Waals surface area (Å²) in [5.41, 5.74) is 1.31. The van der Waals surface area contributed by atoms with Gasteiger partial charge in [-0.1, -0.05) is 23.4 Å². The average molecular weight is 312 g/mol. The Bertz CT molecular complexity index is 869. The summed E-state index contributed by atoms with van der Waals surface area (Å²) in [6, 6.07) is 7.16. The van der Waals surface area contributed by atoms with Crippen LogP contribution in [0.4, 0.5) is 0 Å². The van der Waals surface area contributed by atoms with Gasteiger partial charge in [-0.25, -0.2) is 8.42 Å². The maximum Gasteiger partial charge on any atom is 0.263 e. The second-order valence-electron chi connectivity index (χ2n) is 4.30. The highest BCUT2D eigenvalue weighted by molar-refractivity contribution is 8.14. The van der Waals surface area contributed by atoms with Crippen LogP contribution in [0.3, 0.4) is 0 Å². The van der Waals surface area contributed by atoms with Crippen LogP contribution in [0.1, 0.15) is 11.5 Å². The van der Waals surface area contributed by atoms with Crippen molar-refractivity contribution < 1.29 is 12.9 Å². The molecule has 0 radical (unpaired) electrons. The fraction of sp³-hybridized carbons (Fsp3) is 0.167. The van der Waals surface area contributed by atoms with Crippen LogP contribution in [0.2, 0.25) is 0 Å². The van der Waals surface area contributed by atoms with Gasteiger partial charge in [0.05, 0.1) is 12.1 Å². The lowest BCUT2D eigenvalue weighted by Crippen LogP contribution is -2.04. The SMILES string of the molecule is Cc1c(S(=O)(=O)Cl)c2ccccc2n1Cc1ncon1. The Morgan fingerprint density at radius 3 is 2.75 bits per heavy atom. The number of para-hydroxylation sites is 1. The Morgan fingerprint density at radius 2 is 2.10 bits per heavy atom. The number of nitrogens with zero attached hydrogens (tertiary/aromatic N) is 3. The van der Waals surface area contributed by atoms with Gasteiger partial charge in [-0.2, -0.15) is 4.98 Å². The largest absolute Gasteiger partial charge is 0.343 e. The summed E-state index contributed by atoms with van der Waals surface area (Å²) >= 11 is 0. The van der Waals surface area contributed by atoms with Crippen LogP contribution in [0, 0.1) is 6.92 Å². The predicted octanol–water partition coefficient (Wildman–Crippen LogP) is 2.31. The Morgan fingerprint density at radius 1 is 1.35 bits per heavy atom. The Labute approximate surface area is 119 Å². The maximum absolute atomic E-state index is 11.8. The number of fused-ring (bicyclic) bond motifs is 1. The van der Waals surface area contributed by atoms with Crippen molar-refractivity contribution in [2.45, 2.75) is 18.4 Å². The Hall–Kier alpha value is -1.86. The highest BCUT2D eigenvalue weighted by Crippen LogP contribution is 2.32. The van der Waals surface area contributed by atoms with Crippen LogP contribution in [0.25, 0.3) is 10.9 Å². The van der Waals surface area contributed by atoms with Gasteiger partial charge in [0.2, 0.25) is 6.39 Å². The summed E-state index contributed by atoms with van der Waals surface area (Å²) in [6.45, 7) is 2.02. The topological polar surface area (TPSA) is 78.0 Å². The first-order valence-electron chi connectivity index (χ1n) is 5.76. The molecule has 0 saturated carbocycles. The van der Waals surface area contributed by atoms with E-state index in [0.29, 0.717) is 23.4 Å². The molecule has 8 heteroatoms. The molecule has 2 heterocycles. The number of aromatic nitrogens is 3. The zero-order chi connectivity index (χ0) is 14.3. The second-order valence-corrected chi connectivity index (χ2v) is 6.81. The molecule has 0 aliphatic carbocycles. The molecule has 0 N–H and O–H groups in total. The summed E-state index contributed by atoms with van der Waals surface area (Å²) in [5, 5.41) is 4.33. The molecule has 104 valence electrons. The Kier molecular flexibility index (Phi) is 3.02. The molecule has 20 heavy (non-hydrogen) atoms. The van der Waals surface area contributed by atoms with Crippen LogP contribution < -0.4 is 0 Å². The molecular weight excluding hydrogens is 302 g/mol. The van der Waals surface area contributed by atoms with Gasteiger partial charge < -0.3 is 9.09 Å². The van der Waals surface area contributed by atoms with Crippen LogP contribution in [-0.4, -0.2) is 23.1 Å². The second kappa shape index (κ2) is 4.60. The van der Waals surface area contributed by atoms with Crippen molar-refractivity contribution in [3.63, 3.8) is 0 Å². The van der Waals surface area contributed by atoms with E-state index >= 15 is 0 Å². The third-order valence-electron chi connectivity index (χ3n) is 3.12. The third-order valence-corrected chi connectivity index (χ3v) is 4.59. The fourth-order valence-electron chi connectivity index (χ4n) is 2.31. The lowest BCUT2D eigenvalue weighted by atomic mass is 10.2. The van der Waals surface area contributed by atoms with Gasteiger partial charge in [0.15, 0.2) is 5.82 Å². The molecule has 0 amide bonds. The van der Waals surface area contributed by atoms with Gasteiger partial charge in [0.1, 0.15) is 4.90 Å². The third kappa shape index (κ3) is 2.08. The van der Waals surface area contributed by atoms with E-state index in [9.17, 15) is 8.42 Å². The minimum absolute atomic E-state index is 0.123. The minimum atomic E-state index is -3.83. The monoisotopic (exact) mass is 311 g/mol. The lowest BCUT2D eigenvalue weighted by molar-refractivity contribution is 0.408. The molecule has 6 nitrogen and oxygen atoms in total. The molecule has 2 aromatic heterocycles. The van der Waals surface area contributed by atoms with Crippen molar-refractivity contribution in [2.24, 2.45) is 0 Å². The van der Waals surface area contributed by atoms with Crippen LogP contribution in [-0.2, 0) is 15.6 Å². The highest BCUT2D eigenvalue weighted by atomic mass is 35.7. The van der Waals surface area contributed by atoms with E-state index in [-0.39, 0.29) is 4.90 Å². The van der Waals surface area contributed by atoms with Crippen molar-refractivity contribution in [3.05, 3.63) is 42.2 Å².